The molecule has 0 amide bonds. The molecule has 0 saturated carbocycles. The van der Waals surface area contributed by atoms with Crippen LogP contribution in [-0.2, 0) is 4.57 Å². The second-order valence-electron chi connectivity index (χ2n) is 8.32. The zero-order valence-electron chi connectivity index (χ0n) is 19.6. The Bertz CT molecular complexity index is 1250. The Kier molecular flexibility index (Phi) is 6.62. The average molecular weight is 453 g/mol. The first-order chi connectivity index (χ1) is 15.9. The first kappa shape index (κ1) is 22.8. The molecule has 0 aliphatic rings. The fourth-order valence-electron chi connectivity index (χ4n) is 4.22. The van der Waals surface area contributed by atoms with Gasteiger partial charge in [-0.2, -0.15) is 0 Å². The van der Waals surface area contributed by atoms with Crippen LogP contribution in [0.2, 0.25) is 0 Å². The van der Waals surface area contributed by atoms with E-state index < -0.39 is 7.29 Å². The molecule has 0 N–H and O–H groups in total. The van der Waals surface area contributed by atoms with Gasteiger partial charge >= 0.3 is 0 Å². The average Bonchev–Trinajstić information content (AvgIpc) is 2.83. The predicted molar refractivity (Wildman–Crippen MR) is 142 cm³/mol. The number of anilines is 1. The minimum atomic E-state index is -3.29. The van der Waals surface area contributed by atoms with Crippen LogP contribution in [0.1, 0.15) is 22.3 Å². The molecule has 0 atom stereocenters. The molecule has 0 spiro atoms. The van der Waals surface area contributed by atoms with E-state index in [1.54, 1.807) is 6.34 Å². The third kappa shape index (κ3) is 4.42. The highest BCUT2D eigenvalue weighted by Crippen LogP contribution is 2.51. The lowest BCUT2D eigenvalue weighted by molar-refractivity contribution is 0.587. The lowest BCUT2D eigenvalue weighted by Crippen LogP contribution is -2.32. The van der Waals surface area contributed by atoms with Crippen molar-refractivity contribution in [3.63, 3.8) is 0 Å². The number of para-hydroxylation sites is 2. The van der Waals surface area contributed by atoms with Gasteiger partial charge < -0.3 is 0 Å². The monoisotopic (exact) mass is 452 g/mol. The molecule has 0 heterocycles. The maximum Gasteiger partial charge on any atom is 0.234 e. The third-order valence-electron chi connectivity index (χ3n) is 5.92. The number of aryl methyl sites for hydroxylation is 4. The highest BCUT2D eigenvalue weighted by molar-refractivity contribution is 7.80. The molecule has 3 nitrogen and oxygen atoms in total. The molecule has 4 aromatic rings. The molecule has 4 aromatic carbocycles. The zero-order valence-corrected chi connectivity index (χ0v) is 20.5. The molecule has 166 valence electrons. The Balaban J connectivity index is 2.02. The van der Waals surface area contributed by atoms with Crippen molar-refractivity contribution in [3.05, 3.63) is 119 Å². The summed E-state index contributed by atoms with van der Waals surface area (Å²) in [5.74, 6) is 0. The van der Waals surface area contributed by atoms with Gasteiger partial charge in [0.1, 0.15) is 6.34 Å². The van der Waals surface area contributed by atoms with E-state index in [1.165, 1.54) is 0 Å². The Morgan fingerprint density at radius 3 is 1.48 bits per heavy atom. The van der Waals surface area contributed by atoms with E-state index in [9.17, 15) is 0 Å². The van der Waals surface area contributed by atoms with Crippen molar-refractivity contribution >= 4 is 35.6 Å². The van der Waals surface area contributed by atoms with Crippen LogP contribution in [0.25, 0.3) is 0 Å². The van der Waals surface area contributed by atoms with Gasteiger partial charge in [-0.1, -0.05) is 72.8 Å². The van der Waals surface area contributed by atoms with E-state index in [0.29, 0.717) is 0 Å². The summed E-state index contributed by atoms with van der Waals surface area (Å²) in [5, 5.41) is 1.54. The number of benzene rings is 4. The van der Waals surface area contributed by atoms with Crippen molar-refractivity contribution in [1.82, 2.24) is 0 Å². The lowest BCUT2D eigenvalue weighted by atomic mass is 10.1. The van der Waals surface area contributed by atoms with Crippen LogP contribution in [0, 0.1) is 27.7 Å². The van der Waals surface area contributed by atoms with E-state index in [-0.39, 0.29) is 0 Å². The third-order valence-corrected chi connectivity index (χ3v) is 8.83. The molecule has 0 radical (unpaired) electrons. The first-order valence-electron chi connectivity index (χ1n) is 11.1. The highest BCUT2D eigenvalue weighted by atomic mass is 31.2. The molecule has 0 unspecified atom stereocenters. The van der Waals surface area contributed by atoms with E-state index in [1.807, 2.05) is 77.5 Å². The maximum absolute atomic E-state index is 15.2. The van der Waals surface area contributed by atoms with Gasteiger partial charge in [0, 0.05) is 10.6 Å². The first-order valence-corrected chi connectivity index (χ1v) is 12.8. The van der Waals surface area contributed by atoms with Gasteiger partial charge in [0.15, 0.2) is 0 Å². The van der Waals surface area contributed by atoms with E-state index in [4.69, 9.17) is 4.99 Å². The number of nitrogens with zero attached hydrogens (tertiary/aromatic N) is 2. The molecule has 0 saturated heterocycles. The second kappa shape index (κ2) is 9.60. The quantitative estimate of drug-likeness (QED) is 0.179. The predicted octanol–water partition coefficient (Wildman–Crippen LogP) is 7.02. The number of hydrogen-bond donors (Lipinski definition) is 0. The minimum absolute atomic E-state index is 0.770. The summed E-state index contributed by atoms with van der Waals surface area (Å²) in [6.07, 6.45) is 1.77. The van der Waals surface area contributed by atoms with Gasteiger partial charge in [-0.25, -0.2) is 4.99 Å². The summed E-state index contributed by atoms with van der Waals surface area (Å²) >= 11 is 0. The molecular formula is C29H29N2OP. The van der Waals surface area contributed by atoms with Crippen LogP contribution in [0.4, 0.5) is 11.4 Å². The number of aliphatic imine (C=N–C) groups is 1. The summed E-state index contributed by atoms with van der Waals surface area (Å²) < 4.78 is 17.2. The summed E-state index contributed by atoms with van der Waals surface area (Å²) in [4.78, 5) is 4.91. The van der Waals surface area contributed by atoms with Crippen LogP contribution < -0.4 is 15.3 Å². The van der Waals surface area contributed by atoms with Gasteiger partial charge in [-0.3, -0.25) is 9.24 Å². The molecule has 0 fully saturated rings. The van der Waals surface area contributed by atoms with Gasteiger partial charge in [0.2, 0.25) is 7.29 Å². The van der Waals surface area contributed by atoms with Crippen molar-refractivity contribution in [2.45, 2.75) is 27.7 Å². The molecule has 4 heteroatoms. The summed E-state index contributed by atoms with van der Waals surface area (Å²) in [6.45, 7) is 8.22. The van der Waals surface area contributed by atoms with Crippen LogP contribution in [0.5, 0.6) is 0 Å². The Morgan fingerprint density at radius 2 is 1.03 bits per heavy atom. The molecule has 0 aromatic heterocycles. The Morgan fingerprint density at radius 1 is 0.606 bits per heavy atom. The molecule has 0 bridgehead atoms. The number of rotatable bonds is 6. The smallest absolute Gasteiger partial charge is 0.234 e. The zero-order chi connectivity index (χ0) is 23.4. The molecule has 33 heavy (non-hydrogen) atoms. The Labute approximate surface area is 196 Å². The fraction of sp³-hybridized carbons (Fsp3) is 0.138. The van der Waals surface area contributed by atoms with Crippen molar-refractivity contribution in [3.8, 4) is 0 Å². The van der Waals surface area contributed by atoms with Crippen molar-refractivity contribution in [2.75, 3.05) is 4.67 Å². The normalized spacial score (nSPS) is 11.6. The van der Waals surface area contributed by atoms with E-state index in [2.05, 4.69) is 52.0 Å². The highest BCUT2D eigenvalue weighted by Gasteiger charge is 2.35. The van der Waals surface area contributed by atoms with Crippen molar-refractivity contribution < 1.29 is 4.57 Å². The van der Waals surface area contributed by atoms with Crippen molar-refractivity contribution in [2.24, 2.45) is 4.99 Å². The molecule has 4 rings (SSSR count). The molecule has 0 aliphatic carbocycles. The van der Waals surface area contributed by atoms with Gasteiger partial charge in [-0.15, -0.1) is 0 Å². The topological polar surface area (TPSA) is 32.7 Å². The van der Waals surface area contributed by atoms with Crippen LogP contribution in [-0.4, -0.2) is 6.34 Å². The SMILES string of the molecule is Cc1cccc(C)c1/N=C/N(c1c(C)cccc1C)P(=O)(c1ccccc1)c1ccccc1. The molecule has 0 aliphatic heterocycles. The van der Waals surface area contributed by atoms with E-state index in [0.717, 1.165) is 44.2 Å². The van der Waals surface area contributed by atoms with Crippen LogP contribution in [0.15, 0.2) is 102 Å². The summed E-state index contributed by atoms with van der Waals surface area (Å²) in [6, 6.07) is 31.7. The minimum Gasteiger partial charge on any atom is -0.289 e. The lowest BCUT2D eigenvalue weighted by Gasteiger charge is -2.33. The Hall–Kier alpha value is -3.42. The van der Waals surface area contributed by atoms with Gasteiger partial charge in [0.05, 0.1) is 11.4 Å². The van der Waals surface area contributed by atoms with E-state index >= 15 is 4.57 Å². The van der Waals surface area contributed by atoms with Crippen LogP contribution in [0.3, 0.4) is 0 Å². The number of hydrogen-bond acceptors (Lipinski definition) is 2. The summed E-state index contributed by atoms with van der Waals surface area (Å²) in [7, 11) is -3.29. The standard InChI is InChI=1S/C29H29N2OP/c1-22-13-11-14-23(2)28(22)30-21-31(29-24(3)15-12-16-25(29)4)33(32,26-17-7-5-8-18-26)27-19-9-6-10-20-27/h5-21H,1-4H3/b30-21+. The van der Waals surface area contributed by atoms with Gasteiger partial charge in [0.25, 0.3) is 0 Å². The summed E-state index contributed by atoms with van der Waals surface area (Å²) in [5.41, 5.74) is 6.10. The second-order valence-corrected chi connectivity index (χ2v) is 10.9. The van der Waals surface area contributed by atoms with Crippen LogP contribution >= 0.6 is 7.29 Å². The van der Waals surface area contributed by atoms with Crippen molar-refractivity contribution in [1.29, 1.82) is 0 Å². The maximum atomic E-state index is 15.2. The fourth-order valence-corrected chi connectivity index (χ4v) is 6.96. The molecular weight excluding hydrogens is 423 g/mol. The largest absolute Gasteiger partial charge is 0.289 e. The van der Waals surface area contributed by atoms with Gasteiger partial charge in [-0.05, 0) is 74.2 Å².